The van der Waals surface area contributed by atoms with Crippen LogP contribution in [-0.2, 0) is 19.6 Å². The number of thioether (sulfide) groups is 1. The highest BCUT2D eigenvalue weighted by Crippen LogP contribution is 2.32. The highest BCUT2D eigenvalue weighted by molar-refractivity contribution is 8.26. The van der Waals surface area contributed by atoms with Gasteiger partial charge in [0, 0.05) is 24.7 Å². The first-order chi connectivity index (χ1) is 13.7. The Morgan fingerprint density at radius 3 is 2.62 bits per heavy atom. The van der Waals surface area contributed by atoms with Gasteiger partial charge in [-0.25, -0.2) is 13.6 Å². The van der Waals surface area contributed by atoms with Crippen molar-refractivity contribution in [2.45, 2.75) is 17.7 Å². The van der Waals surface area contributed by atoms with E-state index >= 15 is 0 Å². The van der Waals surface area contributed by atoms with Crippen LogP contribution in [0.5, 0.6) is 0 Å². The van der Waals surface area contributed by atoms with Crippen LogP contribution in [0.15, 0.2) is 56.9 Å². The Kier molecular flexibility index (Phi) is 6.52. The molecule has 1 aliphatic rings. The first-order valence-electron chi connectivity index (χ1n) is 8.45. The fraction of sp³-hybridized carbons (Fsp3) is 0.167. The third-order valence-corrected chi connectivity index (χ3v) is 6.25. The zero-order chi connectivity index (χ0) is 21.0. The highest BCUT2D eigenvalue weighted by Gasteiger charge is 2.31. The fourth-order valence-electron chi connectivity index (χ4n) is 2.54. The number of benzene rings is 1. The van der Waals surface area contributed by atoms with E-state index in [0.717, 1.165) is 0 Å². The van der Waals surface area contributed by atoms with Crippen molar-refractivity contribution >= 4 is 61.9 Å². The summed E-state index contributed by atoms with van der Waals surface area (Å²) in [5.74, 6) is 0.0960. The number of anilines is 1. The third kappa shape index (κ3) is 5.54. The number of hydrogen-bond acceptors (Lipinski definition) is 7. The number of nitrogens with two attached hydrogens (primary N) is 1. The third-order valence-electron chi connectivity index (χ3n) is 3.94. The van der Waals surface area contributed by atoms with E-state index in [2.05, 4.69) is 5.32 Å². The minimum absolute atomic E-state index is 0.0348. The summed E-state index contributed by atoms with van der Waals surface area (Å²) in [5, 5.41) is 7.70. The molecule has 1 aromatic heterocycles. The molecule has 0 atom stereocenters. The summed E-state index contributed by atoms with van der Waals surface area (Å²) in [6.07, 6.45) is 3.75. The van der Waals surface area contributed by atoms with Gasteiger partial charge in [0.2, 0.25) is 15.9 Å². The van der Waals surface area contributed by atoms with E-state index in [1.165, 1.54) is 47.2 Å². The topological polar surface area (TPSA) is 123 Å². The van der Waals surface area contributed by atoms with Crippen molar-refractivity contribution in [2.75, 3.05) is 11.9 Å². The van der Waals surface area contributed by atoms with Crippen LogP contribution < -0.4 is 10.5 Å². The van der Waals surface area contributed by atoms with Gasteiger partial charge in [-0.15, -0.1) is 0 Å². The molecule has 3 rings (SSSR count). The molecule has 1 saturated heterocycles. The van der Waals surface area contributed by atoms with Crippen molar-refractivity contribution in [3.63, 3.8) is 0 Å². The predicted octanol–water partition coefficient (Wildman–Crippen LogP) is 2.55. The number of sulfonamides is 1. The average Bonchev–Trinajstić information content (AvgIpc) is 3.25. The maximum Gasteiger partial charge on any atom is 0.266 e. The van der Waals surface area contributed by atoms with Crippen LogP contribution in [-0.4, -0.2) is 36.0 Å². The average molecular weight is 452 g/mol. The Morgan fingerprint density at radius 1 is 1.28 bits per heavy atom. The van der Waals surface area contributed by atoms with Crippen molar-refractivity contribution in [1.29, 1.82) is 0 Å². The van der Waals surface area contributed by atoms with Crippen molar-refractivity contribution in [1.82, 2.24) is 4.90 Å². The molecule has 0 spiro atoms. The van der Waals surface area contributed by atoms with Crippen LogP contribution in [0.1, 0.15) is 18.6 Å². The van der Waals surface area contributed by atoms with Gasteiger partial charge in [0.05, 0.1) is 16.1 Å². The molecule has 152 valence electrons. The number of furan rings is 1. The van der Waals surface area contributed by atoms with Crippen molar-refractivity contribution < 1.29 is 22.4 Å². The standard InChI is InChI=1S/C18H17N3O5S3/c19-29(24,25)14-7-5-12(6-8-14)20-16(22)4-1-9-21-17(23)15(28-18(21)27)11-13-3-2-10-26-13/h2-3,5-8,10-11H,1,4,9H2,(H,20,22)(H2,19,24,25)/b15-11-. The normalized spacial score (nSPS) is 15.9. The van der Waals surface area contributed by atoms with Gasteiger partial charge in [-0.3, -0.25) is 14.5 Å². The van der Waals surface area contributed by atoms with Crippen LogP contribution in [0.2, 0.25) is 0 Å². The molecule has 2 amide bonds. The summed E-state index contributed by atoms with van der Waals surface area (Å²) in [6.45, 7) is 0.317. The minimum atomic E-state index is -3.78. The number of thiocarbonyl (C=S) groups is 1. The summed E-state index contributed by atoms with van der Waals surface area (Å²) in [5.41, 5.74) is 0.453. The molecule has 2 aromatic rings. The van der Waals surface area contributed by atoms with Crippen LogP contribution in [0.3, 0.4) is 0 Å². The molecule has 0 bridgehead atoms. The van der Waals surface area contributed by atoms with Gasteiger partial charge in [-0.2, -0.15) is 0 Å². The molecule has 29 heavy (non-hydrogen) atoms. The monoisotopic (exact) mass is 451 g/mol. The van der Waals surface area contributed by atoms with E-state index in [4.69, 9.17) is 21.8 Å². The summed E-state index contributed by atoms with van der Waals surface area (Å²) >= 11 is 6.45. The number of carbonyl (C=O) groups excluding carboxylic acids is 2. The largest absolute Gasteiger partial charge is 0.465 e. The Morgan fingerprint density at radius 2 is 2.00 bits per heavy atom. The molecule has 2 heterocycles. The molecule has 1 aromatic carbocycles. The molecule has 3 N–H and O–H groups in total. The lowest BCUT2D eigenvalue weighted by Gasteiger charge is -2.14. The molecule has 1 aliphatic heterocycles. The molecule has 1 fully saturated rings. The van der Waals surface area contributed by atoms with Gasteiger partial charge >= 0.3 is 0 Å². The first kappa shape index (κ1) is 21.2. The minimum Gasteiger partial charge on any atom is -0.465 e. The quantitative estimate of drug-likeness (QED) is 0.490. The molecule has 0 radical (unpaired) electrons. The maximum atomic E-state index is 12.5. The van der Waals surface area contributed by atoms with Crippen LogP contribution >= 0.6 is 24.0 Å². The fourth-order valence-corrected chi connectivity index (χ4v) is 4.35. The van der Waals surface area contributed by atoms with Crippen LogP contribution in [0.25, 0.3) is 6.08 Å². The Bertz CT molecular complexity index is 1060. The van der Waals surface area contributed by atoms with Gasteiger partial charge in [-0.1, -0.05) is 24.0 Å². The highest BCUT2D eigenvalue weighted by atomic mass is 32.2. The molecule has 11 heteroatoms. The molecule has 0 saturated carbocycles. The number of hydrogen-bond donors (Lipinski definition) is 2. The lowest BCUT2D eigenvalue weighted by atomic mass is 10.2. The summed E-state index contributed by atoms with van der Waals surface area (Å²) < 4.78 is 28.1. The number of carbonyl (C=O) groups is 2. The number of rotatable bonds is 7. The predicted molar refractivity (Wildman–Crippen MR) is 114 cm³/mol. The van der Waals surface area contributed by atoms with Crippen molar-refractivity contribution in [2.24, 2.45) is 5.14 Å². The van der Waals surface area contributed by atoms with Gasteiger partial charge in [0.15, 0.2) is 0 Å². The Hall–Kier alpha value is -2.47. The second-order valence-electron chi connectivity index (χ2n) is 6.07. The van der Waals surface area contributed by atoms with Gasteiger partial charge < -0.3 is 9.73 Å². The molecule has 8 nitrogen and oxygen atoms in total. The van der Waals surface area contributed by atoms with E-state index in [9.17, 15) is 18.0 Å². The van der Waals surface area contributed by atoms with E-state index in [1.807, 2.05) is 0 Å². The van der Waals surface area contributed by atoms with Crippen LogP contribution in [0, 0.1) is 0 Å². The summed E-state index contributed by atoms with van der Waals surface area (Å²) in [6, 6.07) is 9.02. The van der Waals surface area contributed by atoms with Crippen LogP contribution in [0.4, 0.5) is 5.69 Å². The number of nitrogens with one attached hydrogen (secondary N) is 1. The molecular formula is C18H17N3O5S3. The summed E-state index contributed by atoms with van der Waals surface area (Å²) in [7, 11) is -3.78. The Labute approximate surface area is 177 Å². The maximum absolute atomic E-state index is 12.5. The van der Waals surface area contributed by atoms with Gasteiger partial charge in [0.1, 0.15) is 10.1 Å². The second kappa shape index (κ2) is 8.91. The molecule has 0 aliphatic carbocycles. The second-order valence-corrected chi connectivity index (χ2v) is 9.31. The van der Waals surface area contributed by atoms with Gasteiger partial charge in [0.25, 0.3) is 5.91 Å². The van der Waals surface area contributed by atoms with Crippen molar-refractivity contribution in [3.8, 4) is 0 Å². The molecule has 0 unspecified atom stereocenters. The van der Waals surface area contributed by atoms with E-state index in [-0.39, 0.29) is 23.1 Å². The number of amides is 2. The number of primary sulfonamides is 1. The summed E-state index contributed by atoms with van der Waals surface area (Å²) in [4.78, 5) is 26.5. The molecular weight excluding hydrogens is 434 g/mol. The zero-order valence-corrected chi connectivity index (χ0v) is 17.5. The van der Waals surface area contributed by atoms with Crippen molar-refractivity contribution in [3.05, 3.63) is 53.3 Å². The number of nitrogens with zero attached hydrogens (tertiary/aromatic N) is 1. The smallest absolute Gasteiger partial charge is 0.266 e. The van der Waals surface area contributed by atoms with E-state index in [0.29, 0.717) is 33.6 Å². The van der Waals surface area contributed by atoms with E-state index in [1.54, 1.807) is 18.2 Å². The zero-order valence-electron chi connectivity index (χ0n) is 15.0. The van der Waals surface area contributed by atoms with Gasteiger partial charge in [-0.05, 0) is 42.8 Å². The Balaban J connectivity index is 1.50. The SMILES string of the molecule is NS(=O)(=O)c1ccc(NC(=O)CCCN2C(=O)/C(=C/c3ccco3)SC2=S)cc1. The lowest BCUT2D eigenvalue weighted by molar-refractivity contribution is -0.122. The van der Waals surface area contributed by atoms with E-state index < -0.39 is 10.0 Å². The lowest BCUT2D eigenvalue weighted by Crippen LogP contribution is -2.29. The first-order valence-corrected chi connectivity index (χ1v) is 11.2.